The van der Waals surface area contributed by atoms with Crippen molar-refractivity contribution in [1.29, 1.82) is 0 Å². The van der Waals surface area contributed by atoms with E-state index in [2.05, 4.69) is 47.1 Å². The van der Waals surface area contributed by atoms with Crippen LogP contribution in [0.25, 0.3) is 0 Å². The van der Waals surface area contributed by atoms with E-state index in [-0.39, 0.29) is 0 Å². The van der Waals surface area contributed by atoms with Crippen molar-refractivity contribution >= 4 is 27.7 Å². The van der Waals surface area contributed by atoms with Crippen LogP contribution in [0.5, 0.6) is 0 Å². The second kappa shape index (κ2) is 6.11. The van der Waals surface area contributed by atoms with E-state index in [9.17, 15) is 0 Å². The van der Waals surface area contributed by atoms with E-state index in [1.54, 1.807) is 5.56 Å². The van der Waals surface area contributed by atoms with Gasteiger partial charge in [-0.2, -0.15) is 0 Å². The van der Waals surface area contributed by atoms with Gasteiger partial charge in [0.1, 0.15) is 0 Å². The van der Waals surface area contributed by atoms with Crippen molar-refractivity contribution in [2.45, 2.75) is 48.2 Å². The van der Waals surface area contributed by atoms with Gasteiger partial charge < -0.3 is 0 Å². The van der Waals surface area contributed by atoms with Gasteiger partial charge in [-0.3, -0.25) is 0 Å². The second-order valence-electron chi connectivity index (χ2n) is 4.48. The summed E-state index contributed by atoms with van der Waals surface area (Å²) in [6, 6.07) is 8.90. The molecule has 0 saturated carbocycles. The van der Waals surface area contributed by atoms with Gasteiger partial charge in [-0.1, -0.05) is 47.5 Å². The third kappa shape index (κ3) is 3.04. The molecule has 16 heavy (non-hydrogen) atoms. The molecule has 2 heteroatoms. The van der Waals surface area contributed by atoms with Crippen LogP contribution in [0.2, 0.25) is 0 Å². The molecule has 1 aliphatic heterocycles. The molecule has 1 heterocycles. The number of fused-ring (bicyclic) bond motifs is 1. The first kappa shape index (κ1) is 12.5. The fourth-order valence-corrected chi connectivity index (χ4v) is 3.88. The molecule has 88 valence electrons. The molecule has 0 amide bonds. The largest absolute Gasteiger partial charge is 0.125 e. The van der Waals surface area contributed by atoms with E-state index >= 15 is 0 Å². The second-order valence-corrected chi connectivity index (χ2v) is 6.84. The Morgan fingerprint density at radius 3 is 3.06 bits per heavy atom. The molecule has 0 N–H and O–H groups in total. The maximum Gasteiger partial charge on any atom is 0.0143 e. The van der Waals surface area contributed by atoms with Crippen LogP contribution >= 0.6 is 27.7 Å². The maximum atomic E-state index is 3.71. The molecule has 0 saturated heterocycles. The topological polar surface area (TPSA) is 0 Å². The van der Waals surface area contributed by atoms with Gasteiger partial charge in [-0.25, -0.2) is 0 Å². The number of hydrogen-bond donors (Lipinski definition) is 0. The van der Waals surface area contributed by atoms with Crippen LogP contribution in [0.4, 0.5) is 0 Å². The number of thioether (sulfide) groups is 1. The quantitative estimate of drug-likeness (QED) is 0.672. The van der Waals surface area contributed by atoms with Crippen LogP contribution in [-0.4, -0.2) is 10.6 Å². The van der Waals surface area contributed by atoms with E-state index in [0.717, 1.165) is 10.7 Å². The van der Waals surface area contributed by atoms with E-state index < -0.39 is 0 Å². The monoisotopic (exact) mass is 298 g/mol. The highest BCUT2D eigenvalue weighted by atomic mass is 79.9. The molecule has 2 rings (SSSR count). The van der Waals surface area contributed by atoms with Crippen LogP contribution in [0, 0.1) is 0 Å². The molecule has 1 aromatic carbocycles. The summed E-state index contributed by atoms with van der Waals surface area (Å²) in [6.07, 6.45) is 5.27. The molecule has 1 aliphatic rings. The van der Waals surface area contributed by atoms with Gasteiger partial charge in [0.2, 0.25) is 0 Å². The van der Waals surface area contributed by atoms with E-state index in [1.165, 1.54) is 36.3 Å². The predicted molar refractivity (Wildman–Crippen MR) is 76.8 cm³/mol. The van der Waals surface area contributed by atoms with E-state index in [1.807, 2.05) is 11.8 Å². The van der Waals surface area contributed by atoms with Crippen molar-refractivity contribution in [2.75, 3.05) is 5.75 Å². The van der Waals surface area contributed by atoms with Crippen LogP contribution in [0.15, 0.2) is 29.2 Å². The minimum atomic E-state index is 0.719. The summed E-state index contributed by atoms with van der Waals surface area (Å²) in [7, 11) is 0. The summed E-state index contributed by atoms with van der Waals surface area (Å²) < 4.78 is 0. The molecule has 0 aromatic heterocycles. The molecule has 2 unspecified atom stereocenters. The van der Waals surface area contributed by atoms with Crippen LogP contribution in [0.1, 0.15) is 44.1 Å². The van der Waals surface area contributed by atoms with Crippen LogP contribution in [0.3, 0.4) is 0 Å². The Balaban J connectivity index is 1.84. The molecule has 0 spiro atoms. The zero-order chi connectivity index (χ0) is 11.4. The molecule has 1 aromatic rings. The Morgan fingerprint density at radius 1 is 1.44 bits per heavy atom. The van der Waals surface area contributed by atoms with Crippen molar-refractivity contribution in [3.8, 4) is 0 Å². The Hall–Kier alpha value is 0.0500. The van der Waals surface area contributed by atoms with Crippen LogP contribution in [-0.2, 0) is 0 Å². The number of alkyl halides is 1. The average molecular weight is 299 g/mol. The van der Waals surface area contributed by atoms with Gasteiger partial charge in [0.15, 0.2) is 0 Å². The van der Waals surface area contributed by atoms with Crippen molar-refractivity contribution in [2.24, 2.45) is 0 Å². The first-order valence-corrected chi connectivity index (χ1v) is 8.07. The molecular weight excluding hydrogens is 280 g/mol. The number of benzene rings is 1. The Bertz CT molecular complexity index is 337. The third-order valence-electron chi connectivity index (χ3n) is 3.31. The lowest BCUT2D eigenvalue weighted by atomic mass is 9.95. The smallest absolute Gasteiger partial charge is 0.0143 e. The lowest BCUT2D eigenvalue weighted by molar-refractivity contribution is 0.596. The highest BCUT2D eigenvalue weighted by Gasteiger charge is 2.22. The fourth-order valence-electron chi connectivity index (χ4n) is 2.26. The van der Waals surface area contributed by atoms with Gasteiger partial charge >= 0.3 is 0 Å². The maximum absolute atomic E-state index is 3.71. The highest BCUT2D eigenvalue weighted by Crippen LogP contribution is 2.41. The highest BCUT2D eigenvalue weighted by molar-refractivity contribution is 9.09. The fraction of sp³-hybridized carbons (Fsp3) is 0.571. The average Bonchev–Trinajstić information content (AvgIpc) is 2.73. The Morgan fingerprint density at radius 2 is 2.25 bits per heavy atom. The predicted octanol–water partition coefficient (Wildman–Crippen LogP) is 5.22. The summed E-state index contributed by atoms with van der Waals surface area (Å²) >= 11 is 5.74. The molecular formula is C14H19BrS. The summed E-state index contributed by atoms with van der Waals surface area (Å²) in [6.45, 7) is 2.25. The number of hydrogen-bond acceptors (Lipinski definition) is 1. The standard InChI is InChI=1S/C14H19BrS/c1-2-12(15)7-5-6-11-10-16-14-9-4-3-8-13(11)14/h3-4,8-9,11-12H,2,5-7,10H2,1H3. The molecule has 0 aliphatic carbocycles. The van der Waals surface area contributed by atoms with Gasteiger partial charge in [-0.05, 0) is 36.8 Å². The summed E-state index contributed by atoms with van der Waals surface area (Å²) in [4.78, 5) is 2.23. The van der Waals surface area contributed by atoms with E-state index in [4.69, 9.17) is 0 Å². The molecule has 0 radical (unpaired) electrons. The normalized spacial score (nSPS) is 20.8. The summed E-state index contributed by atoms with van der Waals surface area (Å²) in [5.74, 6) is 2.09. The van der Waals surface area contributed by atoms with Gasteiger partial charge in [0.05, 0.1) is 0 Å². The van der Waals surface area contributed by atoms with Crippen molar-refractivity contribution in [1.82, 2.24) is 0 Å². The Labute approximate surface area is 111 Å². The Kier molecular flexibility index (Phi) is 4.78. The van der Waals surface area contributed by atoms with E-state index in [0.29, 0.717) is 0 Å². The molecule has 0 nitrogen and oxygen atoms in total. The van der Waals surface area contributed by atoms with Gasteiger partial charge in [0.25, 0.3) is 0 Å². The first-order valence-electron chi connectivity index (χ1n) is 6.17. The van der Waals surface area contributed by atoms with Crippen LogP contribution < -0.4 is 0 Å². The minimum Gasteiger partial charge on any atom is -0.125 e. The summed E-state index contributed by atoms with van der Waals surface area (Å²) in [5.41, 5.74) is 1.59. The van der Waals surface area contributed by atoms with Gasteiger partial charge in [0, 0.05) is 15.5 Å². The minimum absolute atomic E-state index is 0.719. The summed E-state index contributed by atoms with van der Waals surface area (Å²) in [5, 5.41) is 0. The van der Waals surface area contributed by atoms with Crippen molar-refractivity contribution < 1.29 is 0 Å². The number of rotatable bonds is 5. The van der Waals surface area contributed by atoms with Crippen molar-refractivity contribution in [3.05, 3.63) is 29.8 Å². The van der Waals surface area contributed by atoms with Crippen molar-refractivity contribution in [3.63, 3.8) is 0 Å². The molecule has 0 fully saturated rings. The zero-order valence-corrected chi connectivity index (χ0v) is 12.2. The molecule has 0 bridgehead atoms. The lowest BCUT2D eigenvalue weighted by Crippen LogP contribution is -2.00. The first-order chi connectivity index (χ1) is 7.81. The number of halogens is 1. The lowest BCUT2D eigenvalue weighted by Gasteiger charge is -2.11. The zero-order valence-electron chi connectivity index (χ0n) is 9.79. The molecule has 2 atom stereocenters. The van der Waals surface area contributed by atoms with Gasteiger partial charge in [-0.15, -0.1) is 11.8 Å². The third-order valence-corrected chi connectivity index (χ3v) is 5.67. The SMILES string of the molecule is CCC(Br)CCCC1CSc2ccccc21.